The molecule has 4 heteroatoms. The number of anilines is 1. The van der Waals surface area contributed by atoms with Crippen molar-refractivity contribution in [2.45, 2.75) is 38.7 Å². The molecule has 98 valence electrons. The Labute approximate surface area is 108 Å². The average molecular weight is 247 g/mol. The van der Waals surface area contributed by atoms with Crippen molar-refractivity contribution >= 4 is 5.95 Å². The van der Waals surface area contributed by atoms with Gasteiger partial charge in [0.05, 0.1) is 6.10 Å². The summed E-state index contributed by atoms with van der Waals surface area (Å²) in [4.78, 5) is 11.2. The van der Waals surface area contributed by atoms with Gasteiger partial charge in [-0.1, -0.05) is 0 Å². The summed E-state index contributed by atoms with van der Waals surface area (Å²) in [7, 11) is 0. The molecule has 3 heterocycles. The van der Waals surface area contributed by atoms with Crippen LogP contribution in [-0.2, 0) is 4.74 Å². The molecule has 1 aromatic rings. The van der Waals surface area contributed by atoms with Gasteiger partial charge in [-0.05, 0) is 44.6 Å². The Balaban J connectivity index is 1.59. The van der Waals surface area contributed by atoms with Crippen LogP contribution in [0.3, 0.4) is 0 Å². The summed E-state index contributed by atoms with van der Waals surface area (Å²) >= 11 is 0. The summed E-state index contributed by atoms with van der Waals surface area (Å²) in [6, 6.07) is 1.95. The Morgan fingerprint density at radius 1 is 1.28 bits per heavy atom. The highest BCUT2D eigenvalue weighted by Gasteiger charge is 2.30. The van der Waals surface area contributed by atoms with Gasteiger partial charge in [-0.25, -0.2) is 9.97 Å². The molecule has 0 radical (unpaired) electrons. The summed E-state index contributed by atoms with van der Waals surface area (Å²) in [5, 5.41) is 0. The molecule has 3 rings (SSSR count). The molecule has 0 saturated carbocycles. The lowest BCUT2D eigenvalue weighted by Gasteiger charge is -2.34. The minimum absolute atomic E-state index is 0.519. The molecular weight excluding hydrogens is 226 g/mol. The van der Waals surface area contributed by atoms with Crippen LogP contribution >= 0.6 is 0 Å². The van der Waals surface area contributed by atoms with E-state index in [-0.39, 0.29) is 0 Å². The van der Waals surface area contributed by atoms with Crippen molar-refractivity contribution in [3.63, 3.8) is 0 Å². The maximum absolute atomic E-state index is 5.80. The highest BCUT2D eigenvalue weighted by molar-refractivity contribution is 5.30. The van der Waals surface area contributed by atoms with Gasteiger partial charge in [0.25, 0.3) is 0 Å². The molecule has 0 N–H and O–H groups in total. The van der Waals surface area contributed by atoms with Crippen molar-refractivity contribution in [3.05, 3.63) is 18.0 Å². The van der Waals surface area contributed by atoms with Crippen molar-refractivity contribution < 1.29 is 4.74 Å². The second-order valence-electron chi connectivity index (χ2n) is 5.37. The van der Waals surface area contributed by atoms with Gasteiger partial charge in [0.15, 0.2) is 0 Å². The smallest absolute Gasteiger partial charge is 0.225 e. The van der Waals surface area contributed by atoms with Gasteiger partial charge in [-0.15, -0.1) is 0 Å². The molecular formula is C14H21N3O. The number of aryl methyl sites for hydroxylation is 1. The Kier molecular flexibility index (Phi) is 3.46. The molecule has 1 aromatic heterocycles. The minimum Gasteiger partial charge on any atom is -0.378 e. The second kappa shape index (κ2) is 5.22. The zero-order valence-corrected chi connectivity index (χ0v) is 11.0. The fourth-order valence-corrected chi connectivity index (χ4v) is 3.03. The minimum atomic E-state index is 0.519. The van der Waals surface area contributed by atoms with E-state index in [4.69, 9.17) is 4.74 Å². The van der Waals surface area contributed by atoms with E-state index in [1.165, 1.54) is 25.7 Å². The van der Waals surface area contributed by atoms with Gasteiger partial charge in [0.2, 0.25) is 5.95 Å². The monoisotopic (exact) mass is 247 g/mol. The van der Waals surface area contributed by atoms with Gasteiger partial charge in [-0.3, -0.25) is 0 Å². The topological polar surface area (TPSA) is 38.2 Å². The number of rotatable bonds is 2. The molecule has 2 fully saturated rings. The summed E-state index contributed by atoms with van der Waals surface area (Å²) < 4.78 is 5.80. The molecule has 2 saturated heterocycles. The number of nitrogens with zero attached hydrogens (tertiary/aromatic N) is 3. The van der Waals surface area contributed by atoms with E-state index >= 15 is 0 Å². The number of hydrogen-bond acceptors (Lipinski definition) is 4. The van der Waals surface area contributed by atoms with Crippen LogP contribution in [0.25, 0.3) is 0 Å². The van der Waals surface area contributed by atoms with Crippen molar-refractivity contribution in [1.29, 1.82) is 0 Å². The first-order chi connectivity index (χ1) is 8.83. The molecule has 0 amide bonds. The number of aromatic nitrogens is 2. The van der Waals surface area contributed by atoms with Crippen LogP contribution in [0.5, 0.6) is 0 Å². The molecule has 0 aliphatic carbocycles. The van der Waals surface area contributed by atoms with Crippen LogP contribution in [0, 0.1) is 12.8 Å². The summed E-state index contributed by atoms with van der Waals surface area (Å²) in [6.45, 7) is 5.11. The zero-order valence-electron chi connectivity index (χ0n) is 11.0. The standard InChI is InChI=1S/C14H21N3O/c1-11-4-7-15-14(16-11)17-8-5-12(6-9-17)13-3-2-10-18-13/h4,7,12-13H,2-3,5-6,8-10H2,1H3. The molecule has 1 atom stereocenters. The Hall–Kier alpha value is -1.16. The number of ether oxygens (including phenoxy) is 1. The maximum Gasteiger partial charge on any atom is 0.225 e. The lowest BCUT2D eigenvalue weighted by Crippen LogP contribution is -2.38. The van der Waals surface area contributed by atoms with Crippen molar-refractivity contribution in [2.75, 3.05) is 24.6 Å². The highest BCUT2D eigenvalue weighted by Crippen LogP contribution is 2.29. The fraction of sp³-hybridized carbons (Fsp3) is 0.714. The van der Waals surface area contributed by atoms with Crippen molar-refractivity contribution in [3.8, 4) is 0 Å². The van der Waals surface area contributed by atoms with Gasteiger partial charge in [0.1, 0.15) is 0 Å². The van der Waals surface area contributed by atoms with Gasteiger partial charge in [-0.2, -0.15) is 0 Å². The van der Waals surface area contributed by atoms with E-state index in [0.29, 0.717) is 6.10 Å². The predicted octanol–water partition coefficient (Wildman–Crippen LogP) is 2.18. The highest BCUT2D eigenvalue weighted by atomic mass is 16.5. The molecule has 0 bridgehead atoms. The number of hydrogen-bond donors (Lipinski definition) is 0. The first kappa shape index (κ1) is 11.9. The van der Waals surface area contributed by atoms with Crippen LogP contribution in [-0.4, -0.2) is 35.8 Å². The Bertz CT molecular complexity index is 396. The van der Waals surface area contributed by atoms with E-state index in [1.807, 2.05) is 19.2 Å². The van der Waals surface area contributed by atoms with Gasteiger partial charge in [0, 0.05) is 31.6 Å². The lowest BCUT2D eigenvalue weighted by molar-refractivity contribution is 0.0530. The first-order valence-electron chi connectivity index (χ1n) is 6.99. The van der Waals surface area contributed by atoms with Gasteiger partial charge >= 0.3 is 0 Å². The van der Waals surface area contributed by atoms with Crippen LogP contribution in [0.1, 0.15) is 31.4 Å². The first-order valence-corrected chi connectivity index (χ1v) is 6.99. The summed E-state index contributed by atoms with van der Waals surface area (Å²) in [5.41, 5.74) is 1.04. The van der Waals surface area contributed by atoms with Crippen molar-refractivity contribution in [1.82, 2.24) is 9.97 Å². The molecule has 2 aliphatic rings. The van der Waals surface area contributed by atoms with Crippen LogP contribution in [0.4, 0.5) is 5.95 Å². The molecule has 0 aromatic carbocycles. The fourth-order valence-electron chi connectivity index (χ4n) is 3.03. The predicted molar refractivity (Wildman–Crippen MR) is 70.7 cm³/mol. The third-order valence-corrected chi connectivity index (χ3v) is 4.10. The zero-order chi connectivity index (χ0) is 12.4. The van der Waals surface area contributed by atoms with E-state index < -0.39 is 0 Å². The molecule has 18 heavy (non-hydrogen) atoms. The van der Waals surface area contributed by atoms with Crippen LogP contribution < -0.4 is 4.90 Å². The van der Waals surface area contributed by atoms with E-state index in [9.17, 15) is 0 Å². The Morgan fingerprint density at radius 3 is 2.78 bits per heavy atom. The van der Waals surface area contributed by atoms with Crippen LogP contribution in [0.15, 0.2) is 12.3 Å². The second-order valence-corrected chi connectivity index (χ2v) is 5.37. The van der Waals surface area contributed by atoms with E-state index in [2.05, 4.69) is 14.9 Å². The summed E-state index contributed by atoms with van der Waals surface area (Å²) in [5.74, 6) is 1.63. The molecule has 4 nitrogen and oxygen atoms in total. The SMILES string of the molecule is Cc1ccnc(N2CCC(C3CCCO3)CC2)n1. The lowest BCUT2D eigenvalue weighted by atomic mass is 9.90. The normalized spacial score (nSPS) is 25.6. The molecule has 1 unspecified atom stereocenters. The van der Waals surface area contributed by atoms with E-state index in [0.717, 1.165) is 37.3 Å². The maximum atomic E-state index is 5.80. The van der Waals surface area contributed by atoms with E-state index in [1.54, 1.807) is 0 Å². The third-order valence-electron chi connectivity index (χ3n) is 4.10. The largest absolute Gasteiger partial charge is 0.378 e. The number of piperidine rings is 1. The quantitative estimate of drug-likeness (QED) is 0.803. The average Bonchev–Trinajstić information content (AvgIpc) is 2.93. The molecule has 2 aliphatic heterocycles. The Morgan fingerprint density at radius 2 is 2.11 bits per heavy atom. The van der Waals surface area contributed by atoms with Crippen LogP contribution in [0.2, 0.25) is 0 Å². The third kappa shape index (κ3) is 2.48. The van der Waals surface area contributed by atoms with Gasteiger partial charge < -0.3 is 9.64 Å². The van der Waals surface area contributed by atoms with Crippen molar-refractivity contribution in [2.24, 2.45) is 5.92 Å². The molecule has 0 spiro atoms. The summed E-state index contributed by atoms with van der Waals surface area (Å²) in [6.07, 6.45) is 7.29.